The molecule has 2 aromatic rings. The van der Waals surface area contributed by atoms with Gasteiger partial charge in [-0.3, -0.25) is 9.59 Å². The third-order valence-corrected chi connectivity index (χ3v) is 6.62. The van der Waals surface area contributed by atoms with E-state index in [2.05, 4.69) is 5.32 Å². The zero-order valence-electron chi connectivity index (χ0n) is 21.5. The van der Waals surface area contributed by atoms with E-state index in [4.69, 9.17) is 8.92 Å². The minimum absolute atomic E-state index is 0.0159. The van der Waals surface area contributed by atoms with Gasteiger partial charge in [0.2, 0.25) is 11.8 Å². The second-order valence-corrected chi connectivity index (χ2v) is 11.3. The number of nitrogens with one attached hydrogen (secondary N) is 1. The number of ether oxygens (including phenoxy) is 1. The monoisotopic (exact) mass is 504 g/mol. The zero-order chi connectivity index (χ0) is 26.4. The van der Waals surface area contributed by atoms with Crippen molar-refractivity contribution in [1.29, 1.82) is 0 Å². The standard InChI is InChI=1S/C26H36N2O6S/c1-8-18(2)28(25(30)16-26(4,5)6)17-20-9-14-23(33-7)24(15-20)34-35(31,32)22-12-10-21(11-13-22)27-19(3)29/h9-15,18H,8,16-17H2,1-7H3,(H,27,29)/t18-/m1/s1. The molecule has 0 spiro atoms. The molecule has 8 nitrogen and oxygen atoms in total. The lowest BCUT2D eigenvalue weighted by Crippen LogP contribution is -2.39. The van der Waals surface area contributed by atoms with Crippen molar-refractivity contribution in [1.82, 2.24) is 4.90 Å². The molecule has 0 aromatic heterocycles. The van der Waals surface area contributed by atoms with Crippen molar-refractivity contribution in [3.63, 3.8) is 0 Å². The molecule has 35 heavy (non-hydrogen) atoms. The van der Waals surface area contributed by atoms with E-state index in [0.29, 0.717) is 18.7 Å². The van der Waals surface area contributed by atoms with Gasteiger partial charge in [0.05, 0.1) is 7.11 Å². The summed E-state index contributed by atoms with van der Waals surface area (Å²) in [5.41, 5.74) is 1.04. The molecule has 0 aliphatic carbocycles. The smallest absolute Gasteiger partial charge is 0.339 e. The maximum Gasteiger partial charge on any atom is 0.339 e. The molecule has 0 saturated heterocycles. The third-order valence-electron chi connectivity index (χ3n) is 5.37. The summed E-state index contributed by atoms with van der Waals surface area (Å²) in [7, 11) is -2.75. The molecule has 0 unspecified atom stereocenters. The van der Waals surface area contributed by atoms with Gasteiger partial charge in [0.25, 0.3) is 0 Å². The van der Waals surface area contributed by atoms with Gasteiger partial charge in [-0.25, -0.2) is 0 Å². The minimum atomic E-state index is -4.17. The number of methoxy groups -OCH3 is 1. The predicted molar refractivity (Wildman–Crippen MR) is 136 cm³/mol. The van der Waals surface area contributed by atoms with E-state index in [9.17, 15) is 18.0 Å². The van der Waals surface area contributed by atoms with Gasteiger partial charge in [0.1, 0.15) is 4.90 Å². The molecule has 0 saturated carbocycles. The summed E-state index contributed by atoms with van der Waals surface area (Å²) < 4.78 is 36.6. The fourth-order valence-corrected chi connectivity index (χ4v) is 4.35. The van der Waals surface area contributed by atoms with Gasteiger partial charge < -0.3 is 19.1 Å². The molecule has 2 rings (SSSR count). The van der Waals surface area contributed by atoms with Gasteiger partial charge in [-0.2, -0.15) is 8.42 Å². The molecule has 0 aliphatic rings. The molecule has 1 atom stereocenters. The molecule has 2 aromatic carbocycles. The number of anilines is 1. The van der Waals surface area contributed by atoms with E-state index in [1.807, 2.05) is 39.5 Å². The van der Waals surface area contributed by atoms with Crippen LogP contribution in [0, 0.1) is 5.41 Å². The van der Waals surface area contributed by atoms with Crippen molar-refractivity contribution in [3.8, 4) is 11.5 Å². The first-order chi connectivity index (χ1) is 16.3. The van der Waals surface area contributed by atoms with Crippen LogP contribution in [0.15, 0.2) is 47.4 Å². The van der Waals surface area contributed by atoms with Crippen LogP contribution in [0.5, 0.6) is 11.5 Å². The Morgan fingerprint density at radius 1 is 1.06 bits per heavy atom. The van der Waals surface area contributed by atoms with E-state index < -0.39 is 10.1 Å². The maximum atomic E-state index is 13.0. The zero-order valence-corrected chi connectivity index (χ0v) is 22.4. The fourth-order valence-electron chi connectivity index (χ4n) is 3.42. The highest BCUT2D eigenvalue weighted by Gasteiger charge is 2.25. The molecular weight excluding hydrogens is 468 g/mol. The quantitative estimate of drug-likeness (QED) is 0.458. The second kappa shape index (κ2) is 11.6. The fraction of sp³-hybridized carbons (Fsp3) is 0.462. The number of nitrogens with zero attached hydrogens (tertiary/aromatic N) is 1. The largest absolute Gasteiger partial charge is 0.493 e. The number of carbonyl (C=O) groups excluding carboxylic acids is 2. The Morgan fingerprint density at radius 3 is 2.20 bits per heavy atom. The number of rotatable bonds is 10. The second-order valence-electron chi connectivity index (χ2n) is 9.74. The summed E-state index contributed by atoms with van der Waals surface area (Å²) >= 11 is 0. The average Bonchev–Trinajstić information content (AvgIpc) is 2.75. The van der Waals surface area contributed by atoms with Crippen molar-refractivity contribution < 1.29 is 26.9 Å². The molecule has 1 N–H and O–H groups in total. The number of amides is 2. The summed E-state index contributed by atoms with van der Waals surface area (Å²) in [5, 5.41) is 2.59. The highest BCUT2D eigenvalue weighted by atomic mass is 32.2. The van der Waals surface area contributed by atoms with Crippen molar-refractivity contribution in [2.24, 2.45) is 5.41 Å². The Balaban J connectivity index is 2.32. The van der Waals surface area contributed by atoms with Crippen LogP contribution in [0.2, 0.25) is 0 Å². The van der Waals surface area contributed by atoms with Gasteiger partial charge in [-0.05, 0) is 60.7 Å². The molecule has 0 aliphatic heterocycles. The van der Waals surface area contributed by atoms with Gasteiger partial charge >= 0.3 is 10.1 Å². The molecular formula is C26H36N2O6S. The Kier molecular flexibility index (Phi) is 9.31. The number of carbonyl (C=O) groups is 2. The lowest BCUT2D eigenvalue weighted by molar-refractivity contribution is -0.136. The van der Waals surface area contributed by atoms with Crippen molar-refractivity contribution in [3.05, 3.63) is 48.0 Å². The maximum absolute atomic E-state index is 13.0. The van der Waals surface area contributed by atoms with Crippen LogP contribution < -0.4 is 14.2 Å². The van der Waals surface area contributed by atoms with E-state index in [-0.39, 0.29) is 39.7 Å². The van der Waals surface area contributed by atoms with E-state index >= 15 is 0 Å². The van der Waals surface area contributed by atoms with Crippen LogP contribution >= 0.6 is 0 Å². The Labute approximate surface area is 208 Å². The molecule has 0 radical (unpaired) electrons. The normalized spacial score (nSPS) is 12.5. The molecule has 0 heterocycles. The van der Waals surface area contributed by atoms with Crippen LogP contribution in [0.4, 0.5) is 5.69 Å². The van der Waals surface area contributed by atoms with Crippen molar-refractivity contribution >= 4 is 27.6 Å². The summed E-state index contributed by atoms with van der Waals surface area (Å²) in [6.07, 6.45) is 1.19. The Bertz CT molecular complexity index is 1140. The van der Waals surface area contributed by atoms with Crippen LogP contribution in [-0.2, 0) is 26.3 Å². The highest BCUT2D eigenvalue weighted by Crippen LogP contribution is 2.32. The highest BCUT2D eigenvalue weighted by molar-refractivity contribution is 7.87. The van der Waals surface area contributed by atoms with Gasteiger partial charge in [0.15, 0.2) is 11.5 Å². The van der Waals surface area contributed by atoms with Crippen molar-refractivity contribution in [2.45, 2.75) is 71.9 Å². The number of benzene rings is 2. The minimum Gasteiger partial charge on any atom is -0.493 e. The summed E-state index contributed by atoms with van der Waals surface area (Å²) in [6, 6.07) is 10.7. The van der Waals surface area contributed by atoms with Crippen LogP contribution in [-0.4, -0.2) is 38.3 Å². The topological polar surface area (TPSA) is 102 Å². The van der Waals surface area contributed by atoms with Crippen LogP contribution in [0.1, 0.15) is 59.9 Å². The first-order valence-electron chi connectivity index (χ1n) is 11.5. The first-order valence-corrected chi connectivity index (χ1v) is 12.9. The molecule has 9 heteroatoms. The summed E-state index contributed by atoms with van der Waals surface area (Å²) in [5.74, 6) is 0.0643. The SMILES string of the molecule is CC[C@@H](C)N(Cc1ccc(OC)c(OS(=O)(=O)c2ccc(NC(C)=O)cc2)c1)C(=O)CC(C)(C)C. The average molecular weight is 505 g/mol. The van der Waals surface area contributed by atoms with Crippen LogP contribution in [0.25, 0.3) is 0 Å². The predicted octanol–water partition coefficient (Wildman–Crippen LogP) is 4.98. The van der Waals surface area contributed by atoms with E-state index in [1.54, 1.807) is 18.2 Å². The summed E-state index contributed by atoms with van der Waals surface area (Å²) in [4.78, 5) is 26.0. The lowest BCUT2D eigenvalue weighted by Gasteiger charge is -2.31. The number of hydrogen-bond donors (Lipinski definition) is 1. The van der Waals surface area contributed by atoms with Gasteiger partial charge in [-0.15, -0.1) is 0 Å². The molecule has 192 valence electrons. The van der Waals surface area contributed by atoms with Gasteiger partial charge in [0, 0.05) is 31.6 Å². The Hall–Kier alpha value is -3.07. The molecule has 0 bridgehead atoms. The van der Waals surface area contributed by atoms with E-state index in [0.717, 1.165) is 12.0 Å². The lowest BCUT2D eigenvalue weighted by atomic mass is 9.91. The van der Waals surface area contributed by atoms with Crippen molar-refractivity contribution in [2.75, 3.05) is 12.4 Å². The first kappa shape index (κ1) is 28.2. The Morgan fingerprint density at radius 2 is 1.69 bits per heavy atom. The molecule has 2 amide bonds. The third kappa shape index (κ3) is 8.28. The van der Waals surface area contributed by atoms with E-state index in [1.165, 1.54) is 38.3 Å². The number of hydrogen-bond acceptors (Lipinski definition) is 6. The summed E-state index contributed by atoms with van der Waals surface area (Å²) in [6.45, 7) is 11.8. The van der Waals surface area contributed by atoms with Gasteiger partial charge in [-0.1, -0.05) is 33.8 Å². The molecule has 0 fully saturated rings. The van der Waals surface area contributed by atoms with Crippen LogP contribution in [0.3, 0.4) is 0 Å².